The van der Waals surface area contributed by atoms with Crippen LogP contribution in [0.4, 0.5) is 38.0 Å². The Kier molecular flexibility index (Phi) is 6.71. The van der Waals surface area contributed by atoms with E-state index in [0.29, 0.717) is 49.4 Å². The van der Waals surface area contributed by atoms with Crippen molar-refractivity contribution >= 4 is 17.5 Å². The molecule has 0 aromatic carbocycles. The van der Waals surface area contributed by atoms with Crippen molar-refractivity contribution in [2.75, 3.05) is 36.5 Å². The minimum absolute atomic E-state index is 0.126. The van der Waals surface area contributed by atoms with Crippen LogP contribution in [0.5, 0.6) is 0 Å². The minimum Gasteiger partial charge on any atom is -0.381 e. The average molecular weight is 542 g/mol. The van der Waals surface area contributed by atoms with Gasteiger partial charge in [-0.3, -0.25) is 5.73 Å². The van der Waals surface area contributed by atoms with E-state index >= 15 is 0 Å². The SMILES string of the molecule is NC1([C@H]2CCOC2)N=C(Nc2ccc(C(F)(F)F)cn2)C2=C(CCN(c3ncccc3C(F)(F)F)CC2)N1. The summed E-state index contributed by atoms with van der Waals surface area (Å²) in [5, 5.41) is 6.28. The van der Waals surface area contributed by atoms with Gasteiger partial charge in [-0.2, -0.15) is 26.3 Å². The van der Waals surface area contributed by atoms with Crippen LogP contribution in [-0.4, -0.2) is 47.9 Å². The number of hydrogen-bond acceptors (Lipinski definition) is 8. The van der Waals surface area contributed by atoms with Gasteiger partial charge in [0, 0.05) is 55.7 Å². The third kappa shape index (κ3) is 5.27. The molecule has 1 fully saturated rings. The number of amidine groups is 1. The standard InChI is InChI=1S/C24H25F6N7O/c25-22(26,27)14-3-4-19(33-12-14)34-20-16-5-9-37(21-17(23(28,29)30)2-1-8-32-21)10-6-18(16)35-24(31,36-20)15-7-11-38-13-15/h1-4,8,12,15,35H,5-7,9-11,13,31H2,(H,33,34,36)/t15-,24?/m0/s1. The second kappa shape index (κ2) is 9.73. The molecule has 38 heavy (non-hydrogen) atoms. The minimum atomic E-state index is -4.57. The summed E-state index contributed by atoms with van der Waals surface area (Å²) in [7, 11) is 0. The Balaban J connectivity index is 1.45. The Morgan fingerprint density at radius 3 is 2.50 bits per heavy atom. The molecule has 0 radical (unpaired) electrons. The summed E-state index contributed by atoms with van der Waals surface area (Å²) in [6.45, 7) is 1.29. The summed E-state index contributed by atoms with van der Waals surface area (Å²) in [6, 6.07) is 4.33. The molecular weight excluding hydrogens is 516 g/mol. The van der Waals surface area contributed by atoms with Gasteiger partial charge in [0.25, 0.3) is 0 Å². The van der Waals surface area contributed by atoms with Gasteiger partial charge in [-0.15, -0.1) is 0 Å². The number of aromatic nitrogens is 2. The summed E-state index contributed by atoms with van der Waals surface area (Å²) < 4.78 is 85.4. The Morgan fingerprint density at radius 1 is 1.05 bits per heavy atom. The maximum Gasteiger partial charge on any atom is 0.419 e. The molecule has 2 aromatic rings. The number of hydrogen-bond donors (Lipinski definition) is 3. The predicted molar refractivity (Wildman–Crippen MR) is 127 cm³/mol. The Bertz CT molecular complexity index is 1240. The molecule has 2 aromatic heterocycles. The van der Waals surface area contributed by atoms with E-state index in [1.54, 1.807) is 4.90 Å². The quantitative estimate of drug-likeness (QED) is 0.503. The van der Waals surface area contributed by atoms with E-state index in [2.05, 4.69) is 20.6 Å². The molecule has 0 aliphatic carbocycles. The Labute approximate surface area is 214 Å². The highest BCUT2D eigenvalue weighted by atomic mass is 19.4. The van der Waals surface area contributed by atoms with Crippen LogP contribution < -0.4 is 21.3 Å². The number of aliphatic imine (C=N–C) groups is 1. The highest BCUT2D eigenvalue weighted by Crippen LogP contribution is 2.37. The van der Waals surface area contributed by atoms with Gasteiger partial charge in [-0.05, 0) is 37.1 Å². The molecule has 0 saturated carbocycles. The van der Waals surface area contributed by atoms with Gasteiger partial charge in [-0.25, -0.2) is 15.0 Å². The zero-order valence-corrected chi connectivity index (χ0v) is 20.0. The number of nitrogens with zero attached hydrogens (tertiary/aromatic N) is 4. The Hall–Kier alpha value is -3.39. The van der Waals surface area contributed by atoms with E-state index < -0.39 is 29.3 Å². The lowest BCUT2D eigenvalue weighted by molar-refractivity contribution is -0.138. The van der Waals surface area contributed by atoms with Gasteiger partial charge in [0.1, 0.15) is 17.5 Å². The van der Waals surface area contributed by atoms with Gasteiger partial charge in [0.2, 0.25) is 0 Å². The maximum absolute atomic E-state index is 13.7. The van der Waals surface area contributed by atoms with Crippen molar-refractivity contribution in [3.05, 3.63) is 59.1 Å². The molecular formula is C24H25F6N7O. The molecule has 2 atom stereocenters. The van der Waals surface area contributed by atoms with Gasteiger partial charge >= 0.3 is 12.4 Å². The first-order valence-corrected chi connectivity index (χ1v) is 12.0. The predicted octanol–water partition coefficient (Wildman–Crippen LogP) is 4.13. The zero-order valence-electron chi connectivity index (χ0n) is 20.0. The summed E-state index contributed by atoms with van der Waals surface area (Å²) in [5.74, 6) is -1.21. The van der Waals surface area contributed by atoms with Crippen molar-refractivity contribution in [2.24, 2.45) is 16.6 Å². The molecule has 0 amide bonds. The lowest BCUT2D eigenvalue weighted by atomic mass is 9.95. The second-order valence-electron chi connectivity index (χ2n) is 9.34. The molecule has 3 aliphatic heterocycles. The molecule has 4 N–H and O–H groups in total. The fourth-order valence-corrected chi connectivity index (χ4v) is 4.85. The van der Waals surface area contributed by atoms with Crippen LogP contribution in [0.1, 0.15) is 30.4 Å². The Morgan fingerprint density at radius 2 is 1.84 bits per heavy atom. The fourth-order valence-electron chi connectivity index (χ4n) is 4.85. The highest BCUT2D eigenvalue weighted by molar-refractivity contribution is 6.08. The lowest BCUT2D eigenvalue weighted by Gasteiger charge is -2.38. The zero-order chi connectivity index (χ0) is 27.1. The molecule has 1 unspecified atom stereocenters. The van der Waals surface area contributed by atoms with E-state index in [-0.39, 0.29) is 37.1 Å². The normalized spacial score (nSPS) is 24.4. The van der Waals surface area contributed by atoms with E-state index in [4.69, 9.17) is 15.5 Å². The number of rotatable bonds is 3. The fraction of sp³-hybridized carbons (Fsp3) is 0.458. The van der Waals surface area contributed by atoms with Gasteiger partial charge in [-0.1, -0.05) is 0 Å². The molecule has 14 heteroatoms. The van der Waals surface area contributed by atoms with Gasteiger partial charge in [0.15, 0.2) is 5.79 Å². The molecule has 8 nitrogen and oxygen atoms in total. The summed E-state index contributed by atoms with van der Waals surface area (Å²) in [4.78, 5) is 14.2. The number of halogens is 6. The van der Waals surface area contributed by atoms with Crippen molar-refractivity contribution in [3.63, 3.8) is 0 Å². The number of nitrogens with two attached hydrogens (primary N) is 1. The van der Waals surface area contributed by atoms with Crippen LogP contribution in [0.2, 0.25) is 0 Å². The lowest BCUT2D eigenvalue weighted by Crippen LogP contribution is -2.60. The largest absolute Gasteiger partial charge is 0.419 e. The van der Waals surface area contributed by atoms with Crippen molar-refractivity contribution < 1.29 is 31.1 Å². The summed E-state index contributed by atoms with van der Waals surface area (Å²) >= 11 is 0. The number of nitrogens with one attached hydrogen (secondary N) is 2. The third-order valence-corrected chi connectivity index (χ3v) is 6.84. The van der Waals surface area contributed by atoms with Crippen molar-refractivity contribution in [3.8, 4) is 0 Å². The van der Waals surface area contributed by atoms with Crippen molar-refractivity contribution in [1.29, 1.82) is 0 Å². The smallest absolute Gasteiger partial charge is 0.381 e. The van der Waals surface area contributed by atoms with E-state index in [1.165, 1.54) is 18.3 Å². The van der Waals surface area contributed by atoms with Gasteiger partial charge in [0.05, 0.1) is 17.7 Å². The number of alkyl halides is 6. The summed E-state index contributed by atoms with van der Waals surface area (Å²) in [5.41, 5.74) is 6.31. The maximum atomic E-state index is 13.7. The van der Waals surface area contributed by atoms with Crippen LogP contribution in [0.15, 0.2) is 52.9 Å². The van der Waals surface area contributed by atoms with Crippen LogP contribution in [0.25, 0.3) is 0 Å². The molecule has 1 saturated heterocycles. The number of anilines is 2. The molecule has 5 heterocycles. The monoisotopic (exact) mass is 541 g/mol. The number of ether oxygens (including phenoxy) is 1. The van der Waals surface area contributed by atoms with Crippen LogP contribution in [-0.2, 0) is 17.1 Å². The van der Waals surface area contributed by atoms with E-state index in [0.717, 1.165) is 12.1 Å². The first-order valence-electron chi connectivity index (χ1n) is 12.0. The van der Waals surface area contributed by atoms with Crippen LogP contribution >= 0.6 is 0 Å². The molecule has 5 rings (SSSR count). The first-order chi connectivity index (χ1) is 17.9. The third-order valence-electron chi connectivity index (χ3n) is 6.84. The summed E-state index contributed by atoms with van der Waals surface area (Å²) in [6.07, 6.45) is -5.84. The molecule has 0 bridgehead atoms. The number of pyridine rings is 2. The topological polar surface area (TPSA) is 101 Å². The first kappa shape index (κ1) is 26.2. The molecule has 204 valence electrons. The molecule has 3 aliphatic rings. The van der Waals surface area contributed by atoms with E-state index in [1.807, 2.05) is 0 Å². The molecule has 0 spiro atoms. The van der Waals surface area contributed by atoms with Crippen molar-refractivity contribution in [1.82, 2.24) is 15.3 Å². The average Bonchev–Trinajstić information content (AvgIpc) is 3.33. The van der Waals surface area contributed by atoms with E-state index in [9.17, 15) is 26.3 Å². The van der Waals surface area contributed by atoms with Crippen LogP contribution in [0, 0.1) is 5.92 Å². The second-order valence-corrected chi connectivity index (χ2v) is 9.34. The highest BCUT2D eigenvalue weighted by Gasteiger charge is 2.43. The van der Waals surface area contributed by atoms with Crippen LogP contribution in [0.3, 0.4) is 0 Å². The van der Waals surface area contributed by atoms with Crippen molar-refractivity contribution in [2.45, 2.75) is 37.4 Å². The van der Waals surface area contributed by atoms with Gasteiger partial charge < -0.3 is 20.3 Å².